The molecular formula is C8H17NO3S. The minimum Gasteiger partial charge on any atom is -0.381 e. The van der Waals surface area contributed by atoms with Gasteiger partial charge in [-0.3, -0.25) is 0 Å². The Morgan fingerprint density at radius 2 is 2.00 bits per heavy atom. The highest BCUT2D eigenvalue weighted by Gasteiger charge is 2.34. The molecule has 0 amide bonds. The molecule has 1 heterocycles. The fourth-order valence-corrected chi connectivity index (χ4v) is 3.18. The lowest BCUT2D eigenvalue weighted by molar-refractivity contribution is 0.0628. The molecule has 0 aromatic rings. The highest BCUT2D eigenvalue weighted by atomic mass is 32.2. The molecule has 0 radical (unpaired) electrons. The zero-order chi connectivity index (χ0) is 10.1. The summed E-state index contributed by atoms with van der Waals surface area (Å²) in [5, 5.41) is -0.267. The average Bonchev–Trinajstić information content (AvgIpc) is 2.04. The van der Waals surface area contributed by atoms with E-state index in [0.29, 0.717) is 19.6 Å². The summed E-state index contributed by atoms with van der Waals surface area (Å²) in [5.74, 6) is 0.0983. The normalized spacial score (nSPS) is 30.8. The van der Waals surface area contributed by atoms with E-state index >= 15 is 0 Å². The van der Waals surface area contributed by atoms with Crippen molar-refractivity contribution in [2.24, 2.45) is 5.92 Å². The fraction of sp³-hybridized carbons (Fsp3) is 1.00. The Hall–Kier alpha value is -0.130. The smallest absolute Gasteiger partial charge is 0.216 e. The zero-order valence-electron chi connectivity index (χ0n) is 8.36. The monoisotopic (exact) mass is 207 g/mol. The van der Waals surface area contributed by atoms with E-state index in [4.69, 9.17) is 4.74 Å². The van der Waals surface area contributed by atoms with Gasteiger partial charge in [-0.15, -0.1) is 0 Å². The Balaban J connectivity index is 2.80. The molecule has 0 spiro atoms. The van der Waals surface area contributed by atoms with Crippen LogP contribution in [0.2, 0.25) is 0 Å². The number of hydrogen-bond acceptors (Lipinski definition) is 3. The van der Waals surface area contributed by atoms with E-state index in [1.165, 1.54) is 4.31 Å². The third kappa shape index (κ3) is 2.21. The van der Waals surface area contributed by atoms with Crippen LogP contribution >= 0.6 is 0 Å². The van der Waals surface area contributed by atoms with Crippen LogP contribution in [0, 0.1) is 5.92 Å². The third-order valence-corrected chi connectivity index (χ3v) is 4.94. The first kappa shape index (κ1) is 10.9. The van der Waals surface area contributed by atoms with Gasteiger partial charge in [-0.1, -0.05) is 6.92 Å². The topological polar surface area (TPSA) is 46.6 Å². The maximum absolute atomic E-state index is 11.8. The van der Waals surface area contributed by atoms with Crippen LogP contribution in [-0.2, 0) is 14.8 Å². The lowest BCUT2D eigenvalue weighted by Crippen LogP contribution is -2.42. The van der Waals surface area contributed by atoms with Crippen molar-refractivity contribution in [3.05, 3.63) is 0 Å². The van der Waals surface area contributed by atoms with Gasteiger partial charge in [0.05, 0.1) is 11.9 Å². The first-order valence-electron chi connectivity index (χ1n) is 4.45. The Morgan fingerprint density at radius 3 is 2.46 bits per heavy atom. The van der Waals surface area contributed by atoms with E-state index in [1.807, 2.05) is 6.92 Å². The average molecular weight is 207 g/mol. The standard InChI is InChI=1S/C8H17NO3S/c1-7-6-12-5-4-8(7)13(10,11)9(2)3/h7-8H,4-6H2,1-3H3/t7-,8+/m1/s1. The van der Waals surface area contributed by atoms with Crippen LogP contribution in [0.25, 0.3) is 0 Å². The highest BCUT2D eigenvalue weighted by molar-refractivity contribution is 7.89. The van der Waals surface area contributed by atoms with Crippen molar-refractivity contribution in [2.45, 2.75) is 18.6 Å². The molecule has 2 atom stereocenters. The summed E-state index contributed by atoms with van der Waals surface area (Å²) in [7, 11) is 0.0659. The number of ether oxygens (including phenoxy) is 1. The van der Waals surface area contributed by atoms with Gasteiger partial charge < -0.3 is 4.74 Å². The van der Waals surface area contributed by atoms with E-state index in [0.717, 1.165) is 0 Å². The van der Waals surface area contributed by atoms with Gasteiger partial charge in [-0.25, -0.2) is 12.7 Å². The third-order valence-electron chi connectivity index (χ3n) is 2.45. The van der Waals surface area contributed by atoms with E-state index in [1.54, 1.807) is 14.1 Å². The van der Waals surface area contributed by atoms with Crippen LogP contribution in [0.1, 0.15) is 13.3 Å². The summed E-state index contributed by atoms with van der Waals surface area (Å²) < 4.78 is 30.0. The van der Waals surface area contributed by atoms with E-state index in [9.17, 15) is 8.42 Å². The molecule has 1 fully saturated rings. The second-order valence-electron chi connectivity index (χ2n) is 3.71. The Labute approximate surface area is 79.9 Å². The molecule has 0 saturated carbocycles. The zero-order valence-corrected chi connectivity index (χ0v) is 9.17. The quantitative estimate of drug-likeness (QED) is 0.654. The van der Waals surface area contributed by atoms with Gasteiger partial charge in [0.2, 0.25) is 10.0 Å². The molecule has 1 aliphatic rings. The van der Waals surface area contributed by atoms with Crippen molar-refractivity contribution in [3.8, 4) is 0 Å². The predicted molar refractivity (Wildman–Crippen MR) is 51.0 cm³/mol. The van der Waals surface area contributed by atoms with Gasteiger partial charge in [0.15, 0.2) is 0 Å². The fourth-order valence-electron chi connectivity index (χ4n) is 1.57. The molecular weight excluding hydrogens is 190 g/mol. The van der Waals surface area contributed by atoms with Crippen molar-refractivity contribution >= 4 is 10.0 Å². The van der Waals surface area contributed by atoms with Crippen LogP contribution in [0.5, 0.6) is 0 Å². The van der Waals surface area contributed by atoms with Crippen LogP contribution in [0.15, 0.2) is 0 Å². The molecule has 0 unspecified atom stereocenters. The summed E-state index contributed by atoms with van der Waals surface area (Å²) in [5.41, 5.74) is 0. The van der Waals surface area contributed by atoms with Crippen molar-refractivity contribution in [1.82, 2.24) is 4.31 Å². The molecule has 1 saturated heterocycles. The van der Waals surface area contributed by atoms with E-state index in [2.05, 4.69) is 0 Å². The summed E-state index contributed by atoms with van der Waals surface area (Å²) in [6.45, 7) is 3.03. The largest absolute Gasteiger partial charge is 0.381 e. The van der Waals surface area contributed by atoms with Crippen molar-refractivity contribution in [1.29, 1.82) is 0 Å². The van der Waals surface area contributed by atoms with Crippen LogP contribution in [0.4, 0.5) is 0 Å². The van der Waals surface area contributed by atoms with Crippen molar-refractivity contribution < 1.29 is 13.2 Å². The summed E-state index contributed by atoms with van der Waals surface area (Å²) in [6, 6.07) is 0. The SMILES string of the molecule is C[C@@H]1COCC[C@@H]1S(=O)(=O)N(C)C. The number of sulfonamides is 1. The molecule has 0 aliphatic carbocycles. The van der Waals surface area contributed by atoms with Crippen LogP contribution in [-0.4, -0.2) is 45.3 Å². The Morgan fingerprint density at radius 1 is 1.38 bits per heavy atom. The predicted octanol–water partition coefficient (Wildman–Crippen LogP) is 0.303. The van der Waals surface area contributed by atoms with Crippen LogP contribution in [0.3, 0.4) is 0 Å². The van der Waals surface area contributed by atoms with Gasteiger partial charge in [0.1, 0.15) is 0 Å². The minimum absolute atomic E-state index is 0.0983. The second-order valence-corrected chi connectivity index (χ2v) is 6.07. The van der Waals surface area contributed by atoms with Gasteiger partial charge in [-0.2, -0.15) is 0 Å². The molecule has 1 aliphatic heterocycles. The minimum atomic E-state index is -3.10. The van der Waals surface area contributed by atoms with Gasteiger partial charge in [-0.05, 0) is 12.3 Å². The lowest BCUT2D eigenvalue weighted by atomic mass is 10.0. The molecule has 13 heavy (non-hydrogen) atoms. The molecule has 4 nitrogen and oxygen atoms in total. The molecule has 1 rings (SSSR count). The first-order valence-corrected chi connectivity index (χ1v) is 5.95. The maximum Gasteiger partial charge on any atom is 0.216 e. The number of rotatable bonds is 2. The molecule has 78 valence electrons. The summed E-state index contributed by atoms with van der Waals surface area (Å²) >= 11 is 0. The molecule has 0 bridgehead atoms. The van der Waals surface area contributed by atoms with E-state index < -0.39 is 10.0 Å². The second kappa shape index (κ2) is 3.94. The Bertz CT molecular complexity index is 261. The Kier molecular flexibility index (Phi) is 3.32. The van der Waals surface area contributed by atoms with Crippen molar-refractivity contribution in [3.63, 3.8) is 0 Å². The molecule has 0 aromatic carbocycles. The first-order chi connectivity index (χ1) is 5.96. The van der Waals surface area contributed by atoms with Gasteiger partial charge >= 0.3 is 0 Å². The summed E-state index contributed by atoms with van der Waals surface area (Å²) in [6.07, 6.45) is 0.613. The molecule has 5 heteroatoms. The van der Waals surface area contributed by atoms with Gasteiger partial charge in [0.25, 0.3) is 0 Å². The van der Waals surface area contributed by atoms with Crippen molar-refractivity contribution in [2.75, 3.05) is 27.3 Å². The summed E-state index contributed by atoms with van der Waals surface area (Å²) in [4.78, 5) is 0. The van der Waals surface area contributed by atoms with E-state index in [-0.39, 0.29) is 11.2 Å². The molecule has 0 aromatic heterocycles. The van der Waals surface area contributed by atoms with Crippen LogP contribution < -0.4 is 0 Å². The number of hydrogen-bond donors (Lipinski definition) is 0. The lowest BCUT2D eigenvalue weighted by Gasteiger charge is -2.30. The maximum atomic E-state index is 11.8. The van der Waals surface area contributed by atoms with Gasteiger partial charge in [0, 0.05) is 20.7 Å². The number of nitrogens with zero attached hydrogens (tertiary/aromatic N) is 1. The molecule has 0 N–H and O–H groups in total. The highest BCUT2D eigenvalue weighted by Crippen LogP contribution is 2.22.